The molecule has 0 saturated heterocycles. The highest BCUT2D eigenvalue weighted by atomic mass is 79.9. The summed E-state index contributed by atoms with van der Waals surface area (Å²) in [7, 11) is 0. The average Bonchev–Trinajstić information content (AvgIpc) is 2.42. The van der Waals surface area contributed by atoms with E-state index in [4.69, 9.17) is 0 Å². The maximum Gasteiger partial charge on any atom is 0.270 e. The zero-order chi connectivity index (χ0) is 15.6. The van der Waals surface area contributed by atoms with Crippen LogP contribution in [0.5, 0.6) is 0 Å². The number of non-ortho nitro benzene ring substituents is 1. The van der Waals surface area contributed by atoms with Crippen molar-refractivity contribution in [1.82, 2.24) is 0 Å². The Balaban J connectivity index is 2.11. The molecule has 0 spiro atoms. The molecule has 4 nitrogen and oxygen atoms in total. The van der Waals surface area contributed by atoms with Crippen LogP contribution in [0, 0.1) is 27.9 Å². The maximum atomic E-state index is 10.8. The average molecular weight is 356 g/mol. The number of aliphatic hydroxyl groups excluding tert-OH is 1. The summed E-state index contributed by atoms with van der Waals surface area (Å²) < 4.78 is 0.760. The number of benzene rings is 1. The van der Waals surface area contributed by atoms with Crippen LogP contribution >= 0.6 is 15.9 Å². The number of nitrogens with zero attached hydrogens (tertiary/aromatic N) is 1. The monoisotopic (exact) mass is 355 g/mol. The number of rotatable bonds is 4. The highest BCUT2D eigenvalue weighted by Gasteiger charge is 2.31. The molecule has 0 amide bonds. The molecule has 116 valence electrons. The molecule has 1 saturated carbocycles. The molecule has 21 heavy (non-hydrogen) atoms. The molecule has 1 aromatic rings. The van der Waals surface area contributed by atoms with Crippen LogP contribution in [-0.2, 0) is 6.42 Å². The van der Waals surface area contributed by atoms with E-state index >= 15 is 0 Å². The maximum absolute atomic E-state index is 10.8. The molecule has 1 N–H and O–H groups in total. The molecule has 0 radical (unpaired) electrons. The van der Waals surface area contributed by atoms with Crippen molar-refractivity contribution in [2.45, 2.75) is 45.6 Å². The number of hydrogen-bond acceptors (Lipinski definition) is 3. The van der Waals surface area contributed by atoms with Crippen LogP contribution in [0.25, 0.3) is 0 Å². The fraction of sp³-hybridized carbons (Fsp3) is 0.625. The first-order valence-corrected chi connectivity index (χ1v) is 8.28. The van der Waals surface area contributed by atoms with E-state index in [-0.39, 0.29) is 17.7 Å². The van der Waals surface area contributed by atoms with Crippen LogP contribution in [0.15, 0.2) is 22.7 Å². The van der Waals surface area contributed by atoms with Crippen molar-refractivity contribution < 1.29 is 10.0 Å². The molecule has 0 heterocycles. The van der Waals surface area contributed by atoms with Crippen molar-refractivity contribution in [1.29, 1.82) is 0 Å². The summed E-state index contributed by atoms with van der Waals surface area (Å²) in [5.41, 5.74) is 1.13. The zero-order valence-electron chi connectivity index (χ0n) is 12.5. The minimum atomic E-state index is -0.390. The lowest BCUT2D eigenvalue weighted by molar-refractivity contribution is -0.384. The Morgan fingerprint density at radius 1 is 1.43 bits per heavy atom. The second-order valence-corrected chi connectivity index (χ2v) is 7.24. The fourth-order valence-corrected chi connectivity index (χ4v) is 3.74. The molecular formula is C16H22BrNO3. The van der Waals surface area contributed by atoms with Crippen molar-refractivity contribution in [3.05, 3.63) is 38.3 Å². The van der Waals surface area contributed by atoms with Gasteiger partial charge in [0, 0.05) is 16.6 Å². The third kappa shape index (κ3) is 4.04. The molecule has 1 aliphatic rings. The van der Waals surface area contributed by atoms with Crippen molar-refractivity contribution in [2.75, 3.05) is 0 Å². The summed E-state index contributed by atoms with van der Waals surface area (Å²) in [5, 5.41) is 21.0. The van der Waals surface area contributed by atoms with E-state index < -0.39 is 4.92 Å². The Hall–Kier alpha value is -0.940. The third-order valence-electron chi connectivity index (χ3n) is 4.66. The van der Waals surface area contributed by atoms with Crippen LogP contribution in [0.2, 0.25) is 0 Å². The summed E-state index contributed by atoms with van der Waals surface area (Å²) in [6.45, 7) is 4.47. The fourth-order valence-electron chi connectivity index (χ4n) is 3.21. The molecule has 0 aliphatic heterocycles. The first-order valence-electron chi connectivity index (χ1n) is 7.49. The van der Waals surface area contributed by atoms with Gasteiger partial charge in [-0.2, -0.15) is 0 Å². The first-order chi connectivity index (χ1) is 9.88. The quantitative estimate of drug-likeness (QED) is 0.645. The van der Waals surface area contributed by atoms with E-state index in [0.29, 0.717) is 11.8 Å². The van der Waals surface area contributed by atoms with Gasteiger partial charge in [0.05, 0.1) is 11.0 Å². The van der Waals surface area contributed by atoms with E-state index in [0.717, 1.165) is 35.7 Å². The molecule has 3 unspecified atom stereocenters. The minimum Gasteiger partial charge on any atom is -0.393 e. The molecule has 0 bridgehead atoms. The largest absolute Gasteiger partial charge is 0.393 e. The van der Waals surface area contributed by atoms with E-state index in [1.807, 2.05) is 0 Å². The van der Waals surface area contributed by atoms with Gasteiger partial charge in [-0.1, -0.05) is 35.8 Å². The number of nitro benzene ring substituents is 1. The topological polar surface area (TPSA) is 63.4 Å². The number of halogens is 1. The van der Waals surface area contributed by atoms with E-state index in [9.17, 15) is 15.2 Å². The standard InChI is InChI=1S/C16H22BrNO3/c1-10(2)11-4-6-16(19)13(7-11)8-12-3-5-14(18(20)21)9-15(12)17/h3,5,9-11,13,16,19H,4,6-8H2,1-2H3. The van der Waals surface area contributed by atoms with Crippen LogP contribution in [0.1, 0.15) is 38.7 Å². The summed E-state index contributed by atoms with van der Waals surface area (Å²) >= 11 is 3.42. The molecule has 3 atom stereocenters. The van der Waals surface area contributed by atoms with E-state index in [2.05, 4.69) is 29.8 Å². The number of hydrogen-bond donors (Lipinski definition) is 1. The summed E-state index contributed by atoms with van der Waals surface area (Å²) in [5.74, 6) is 1.54. The van der Waals surface area contributed by atoms with Crippen molar-refractivity contribution in [3.63, 3.8) is 0 Å². The molecule has 1 aromatic carbocycles. The van der Waals surface area contributed by atoms with Gasteiger partial charge >= 0.3 is 0 Å². The second-order valence-electron chi connectivity index (χ2n) is 6.38. The smallest absolute Gasteiger partial charge is 0.270 e. The molecular weight excluding hydrogens is 334 g/mol. The molecule has 5 heteroatoms. The van der Waals surface area contributed by atoms with Crippen molar-refractivity contribution >= 4 is 21.6 Å². The van der Waals surface area contributed by atoms with Crippen molar-refractivity contribution in [2.24, 2.45) is 17.8 Å². The Morgan fingerprint density at radius 3 is 2.71 bits per heavy atom. The van der Waals surface area contributed by atoms with Crippen LogP contribution in [0.4, 0.5) is 5.69 Å². The zero-order valence-corrected chi connectivity index (χ0v) is 14.0. The van der Waals surface area contributed by atoms with Gasteiger partial charge in [-0.05, 0) is 49.0 Å². The van der Waals surface area contributed by atoms with Gasteiger partial charge in [0.25, 0.3) is 5.69 Å². The normalized spacial score (nSPS) is 26.0. The minimum absolute atomic E-state index is 0.0925. The van der Waals surface area contributed by atoms with Crippen LogP contribution in [-0.4, -0.2) is 16.1 Å². The lowest BCUT2D eigenvalue weighted by atomic mass is 9.73. The van der Waals surface area contributed by atoms with Gasteiger partial charge in [0.1, 0.15) is 0 Å². The highest BCUT2D eigenvalue weighted by Crippen LogP contribution is 2.37. The van der Waals surface area contributed by atoms with Gasteiger partial charge in [0.15, 0.2) is 0 Å². The summed E-state index contributed by atoms with van der Waals surface area (Å²) in [6.07, 6.45) is 3.49. The number of nitro groups is 1. The van der Waals surface area contributed by atoms with Gasteiger partial charge in [-0.15, -0.1) is 0 Å². The van der Waals surface area contributed by atoms with E-state index in [1.165, 1.54) is 6.07 Å². The predicted octanol–water partition coefficient (Wildman–Crippen LogP) is 4.33. The molecule has 0 aromatic heterocycles. The van der Waals surface area contributed by atoms with Gasteiger partial charge < -0.3 is 5.11 Å². The highest BCUT2D eigenvalue weighted by molar-refractivity contribution is 9.10. The SMILES string of the molecule is CC(C)C1CCC(O)C(Cc2ccc([N+](=O)[O-])cc2Br)C1. The molecule has 1 aliphatic carbocycles. The Kier molecular flexibility index (Phi) is 5.38. The third-order valence-corrected chi connectivity index (χ3v) is 5.39. The summed E-state index contributed by atoms with van der Waals surface area (Å²) in [4.78, 5) is 10.4. The van der Waals surface area contributed by atoms with Gasteiger partial charge in [-0.3, -0.25) is 10.1 Å². The van der Waals surface area contributed by atoms with Crippen molar-refractivity contribution in [3.8, 4) is 0 Å². The molecule has 2 rings (SSSR count). The Bertz CT molecular complexity index is 518. The van der Waals surface area contributed by atoms with Gasteiger partial charge in [-0.25, -0.2) is 0 Å². The number of aliphatic hydroxyl groups is 1. The van der Waals surface area contributed by atoms with Gasteiger partial charge in [0.2, 0.25) is 0 Å². The summed E-state index contributed by atoms with van der Waals surface area (Å²) in [6, 6.07) is 4.88. The van der Waals surface area contributed by atoms with Crippen LogP contribution < -0.4 is 0 Å². The Morgan fingerprint density at radius 2 is 2.14 bits per heavy atom. The molecule has 1 fully saturated rings. The predicted molar refractivity (Wildman–Crippen MR) is 86.2 cm³/mol. The first kappa shape index (κ1) is 16.4. The second kappa shape index (κ2) is 6.88. The lowest BCUT2D eigenvalue weighted by Gasteiger charge is -2.35. The lowest BCUT2D eigenvalue weighted by Crippen LogP contribution is -2.32. The van der Waals surface area contributed by atoms with Crippen LogP contribution in [0.3, 0.4) is 0 Å². The Labute approximate surface area is 133 Å². The van der Waals surface area contributed by atoms with E-state index in [1.54, 1.807) is 12.1 Å².